The van der Waals surface area contributed by atoms with E-state index in [4.69, 9.17) is 4.74 Å². The van der Waals surface area contributed by atoms with E-state index in [0.717, 1.165) is 0 Å². The fraction of sp³-hybridized carbons (Fsp3) is 0.222. The molecule has 0 radical (unpaired) electrons. The molecular weight excluding hydrogens is 418 g/mol. The maximum atomic E-state index is 12.2. The second kappa shape index (κ2) is 9.13. The Labute approximate surface area is 164 Å². The van der Waals surface area contributed by atoms with Crippen LogP contribution in [-0.2, 0) is 0 Å². The van der Waals surface area contributed by atoms with Crippen molar-refractivity contribution in [3.05, 3.63) is 68.2 Å². The Kier molecular flexibility index (Phi) is 6.89. The van der Waals surface area contributed by atoms with Gasteiger partial charge in [0.25, 0.3) is 17.5 Å². The maximum absolute atomic E-state index is 12.2. The summed E-state index contributed by atoms with van der Waals surface area (Å²) in [5.74, 6) is -0.397. The Morgan fingerprint density at radius 3 is 2.44 bits per heavy atom. The molecule has 0 spiro atoms. The molecule has 9 heteroatoms. The first-order valence-electron chi connectivity index (χ1n) is 8.06. The van der Waals surface area contributed by atoms with Crippen molar-refractivity contribution in [2.75, 3.05) is 6.61 Å². The summed E-state index contributed by atoms with van der Waals surface area (Å²) in [7, 11) is 0. The number of nitrogens with zero attached hydrogens (tertiary/aromatic N) is 1. The van der Waals surface area contributed by atoms with Gasteiger partial charge in [-0.25, -0.2) is 0 Å². The topological polar surface area (TPSA) is 111 Å². The number of rotatable bonds is 6. The van der Waals surface area contributed by atoms with Crippen molar-refractivity contribution in [3.63, 3.8) is 0 Å². The van der Waals surface area contributed by atoms with Gasteiger partial charge in [-0.3, -0.25) is 30.6 Å². The number of hydrogen-bond donors (Lipinski definition) is 2. The maximum Gasteiger partial charge on any atom is 0.282 e. The Morgan fingerprint density at radius 1 is 1.15 bits per heavy atom. The fourth-order valence-electron chi connectivity index (χ4n) is 2.09. The van der Waals surface area contributed by atoms with Crippen LogP contribution in [0, 0.1) is 16.0 Å². The van der Waals surface area contributed by atoms with Gasteiger partial charge < -0.3 is 4.74 Å². The first-order chi connectivity index (χ1) is 12.8. The van der Waals surface area contributed by atoms with Crippen LogP contribution in [0.1, 0.15) is 34.6 Å². The standard InChI is InChI=1S/C18H18BrN3O5/c1-11(2)10-27-16-8-7-12(9-14(16)19)17(23)20-21-18(24)13-5-3-4-6-15(13)22(25)26/h3-9,11H,10H2,1-2H3,(H,20,23)(H,21,24). The van der Waals surface area contributed by atoms with Crippen molar-refractivity contribution < 1.29 is 19.2 Å². The number of hydrazine groups is 1. The summed E-state index contributed by atoms with van der Waals surface area (Å²) >= 11 is 3.34. The zero-order valence-electron chi connectivity index (χ0n) is 14.7. The summed E-state index contributed by atoms with van der Waals surface area (Å²) in [5, 5.41) is 11.0. The monoisotopic (exact) mass is 435 g/mol. The SMILES string of the molecule is CC(C)COc1ccc(C(=O)NNC(=O)c2ccccc2[N+](=O)[O-])cc1Br. The summed E-state index contributed by atoms with van der Waals surface area (Å²) in [4.78, 5) is 34.6. The summed E-state index contributed by atoms with van der Waals surface area (Å²) in [5.41, 5.74) is 4.19. The number of carbonyl (C=O) groups excluding carboxylic acids is 2. The second-order valence-corrected chi connectivity index (χ2v) is 6.89. The van der Waals surface area contributed by atoms with Crippen molar-refractivity contribution in [2.45, 2.75) is 13.8 Å². The average Bonchev–Trinajstić information content (AvgIpc) is 2.64. The van der Waals surface area contributed by atoms with Gasteiger partial charge in [0.15, 0.2) is 0 Å². The van der Waals surface area contributed by atoms with E-state index in [1.54, 1.807) is 18.2 Å². The lowest BCUT2D eigenvalue weighted by Gasteiger charge is -2.12. The number of benzene rings is 2. The molecule has 0 bridgehead atoms. The zero-order valence-corrected chi connectivity index (χ0v) is 16.3. The van der Waals surface area contributed by atoms with Gasteiger partial charge in [0, 0.05) is 11.6 Å². The van der Waals surface area contributed by atoms with Crippen LogP contribution >= 0.6 is 15.9 Å². The number of nitro benzene ring substituents is 1. The smallest absolute Gasteiger partial charge is 0.282 e. The highest BCUT2D eigenvalue weighted by molar-refractivity contribution is 9.10. The van der Waals surface area contributed by atoms with Crippen LogP contribution in [0.3, 0.4) is 0 Å². The normalized spacial score (nSPS) is 10.4. The molecule has 0 aliphatic heterocycles. The fourth-order valence-corrected chi connectivity index (χ4v) is 2.59. The Hall–Kier alpha value is -2.94. The molecule has 0 heterocycles. The quantitative estimate of drug-likeness (QED) is 0.532. The summed E-state index contributed by atoms with van der Waals surface area (Å²) in [6.45, 7) is 4.58. The molecule has 8 nitrogen and oxygen atoms in total. The molecule has 0 unspecified atom stereocenters. The van der Waals surface area contributed by atoms with E-state index >= 15 is 0 Å². The molecule has 2 amide bonds. The molecule has 2 aromatic carbocycles. The third-order valence-corrected chi connectivity index (χ3v) is 4.02. The number of amides is 2. The number of carbonyl (C=O) groups is 2. The van der Waals surface area contributed by atoms with Gasteiger partial charge in [-0.05, 0) is 46.1 Å². The molecule has 142 valence electrons. The van der Waals surface area contributed by atoms with E-state index in [0.29, 0.717) is 22.7 Å². The number of hydrogen-bond acceptors (Lipinski definition) is 5. The Balaban J connectivity index is 2.02. The highest BCUT2D eigenvalue weighted by atomic mass is 79.9. The third kappa shape index (κ3) is 5.52. The van der Waals surface area contributed by atoms with Crippen LogP contribution in [0.4, 0.5) is 5.69 Å². The van der Waals surface area contributed by atoms with E-state index < -0.39 is 16.7 Å². The molecule has 0 atom stereocenters. The summed E-state index contributed by atoms with van der Waals surface area (Å²) in [6.07, 6.45) is 0. The van der Waals surface area contributed by atoms with E-state index in [9.17, 15) is 19.7 Å². The zero-order chi connectivity index (χ0) is 20.0. The van der Waals surface area contributed by atoms with E-state index in [1.165, 1.54) is 24.3 Å². The van der Waals surface area contributed by atoms with E-state index in [2.05, 4.69) is 26.8 Å². The minimum atomic E-state index is -0.786. The molecule has 2 aromatic rings. The van der Waals surface area contributed by atoms with Crippen LogP contribution in [0.2, 0.25) is 0 Å². The molecule has 0 aliphatic rings. The number of para-hydroxylation sites is 1. The van der Waals surface area contributed by atoms with E-state index in [1.807, 2.05) is 13.8 Å². The number of nitro groups is 1. The van der Waals surface area contributed by atoms with Crippen molar-refractivity contribution in [1.82, 2.24) is 10.9 Å². The number of halogens is 1. The molecule has 0 aromatic heterocycles. The second-order valence-electron chi connectivity index (χ2n) is 6.03. The molecule has 0 saturated carbocycles. The lowest BCUT2D eigenvalue weighted by molar-refractivity contribution is -0.385. The Bertz CT molecular complexity index is 870. The molecule has 0 saturated heterocycles. The highest BCUT2D eigenvalue weighted by Crippen LogP contribution is 2.26. The highest BCUT2D eigenvalue weighted by Gasteiger charge is 2.19. The number of ether oxygens (including phenoxy) is 1. The van der Waals surface area contributed by atoms with Gasteiger partial charge in [0.1, 0.15) is 11.3 Å². The first kappa shape index (κ1) is 20.4. The van der Waals surface area contributed by atoms with Gasteiger partial charge in [-0.2, -0.15) is 0 Å². The third-order valence-electron chi connectivity index (χ3n) is 3.40. The van der Waals surface area contributed by atoms with Gasteiger partial charge in [0.05, 0.1) is 16.0 Å². The van der Waals surface area contributed by atoms with E-state index in [-0.39, 0.29) is 16.8 Å². The Morgan fingerprint density at radius 2 is 1.81 bits per heavy atom. The predicted molar refractivity (Wildman–Crippen MR) is 103 cm³/mol. The van der Waals surface area contributed by atoms with Gasteiger partial charge in [-0.15, -0.1) is 0 Å². The van der Waals surface area contributed by atoms with Crippen LogP contribution in [0.15, 0.2) is 46.9 Å². The van der Waals surface area contributed by atoms with Gasteiger partial charge >= 0.3 is 0 Å². The number of nitrogens with one attached hydrogen (secondary N) is 2. The first-order valence-corrected chi connectivity index (χ1v) is 8.85. The minimum Gasteiger partial charge on any atom is -0.492 e. The molecule has 2 N–H and O–H groups in total. The molecule has 27 heavy (non-hydrogen) atoms. The molecule has 0 fully saturated rings. The van der Waals surface area contributed by atoms with Crippen LogP contribution in [-0.4, -0.2) is 23.3 Å². The lowest BCUT2D eigenvalue weighted by Crippen LogP contribution is -2.41. The lowest BCUT2D eigenvalue weighted by atomic mass is 10.2. The predicted octanol–water partition coefficient (Wildman–Crippen LogP) is 3.47. The van der Waals surface area contributed by atoms with Crippen LogP contribution in [0.5, 0.6) is 5.75 Å². The minimum absolute atomic E-state index is 0.151. The summed E-state index contributed by atoms with van der Waals surface area (Å²) in [6, 6.07) is 10.2. The average molecular weight is 436 g/mol. The van der Waals surface area contributed by atoms with Crippen molar-refractivity contribution >= 4 is 33.4 Å². The molecular formula is C18H18BrN3O5. The largest absolute Gasteiger partial charge is 0.492 e. The van der Waals surface area contributed by atoms with Crippen molar-refractivity contribution in [3.8, 4) is 5.75 Å². The van der Waals surface area contributed by atoms with Crippen molar-refractivity contribution in [2.24, 2.45) is 5.92 Å². The molecule has 2 rings (SSSR count). The molecule has 0 aliphatic carbocycles. The van der Waals surface area contributed by atoms with Crippen LogP contribution < -0.4 is 15.6 Å². The van der Waals surface area contributed by atoms with Gasteiger partial charge in [0.2, 0.25) is 0 Å². The van der Waals surface area contributed by atoms with Crippen molar-refractivity contribution in [1.29, 1.82) is 0 Å². The summed E-state index contributed by atoms with van der Waals surface area (Å²) < 4.78 is 6.21. The van der Waals surface area contributed by atoms with Gasteiger partial charge in [-0.1, -0.05) is 26.0 Å². The van der Waals surface area contributed by atoms with Crippen LogP contribution in [0.25, 0.3) is 0 Å².